The van der Waals surface area contributed by atoms with Gasteiger partial charge >= 0.3 is 0 Å². The van der Waals surface area contributed by atoms with Gasteiger partial charge in [0.05, 0.1) is 11.2 Å². The summed E-state index contributed by atoms with van der Waals surface area (Å²) in [5, 5.41) is 1.62. The minimum Gasteiger partial charge on any atom is -0.281 e. The summed E-state index contributed by atoms with van der Waals surface area (Å²) in [6, 6.07) is 19.8. The zero-order chi connectivity index (χ0) is 21.4. The highest BCUT2D eigenvalue weighted by atomic mass is 35.5. The third-order valence-corrected chi connectivity index (χ3v) is 6.37. The van der Waals surface area contributed by atoms with Gasteiger partial charge in [-0.05, 0) is 80.9 Å². The number of aryl methyl sites for hydroxylation is 3. The minimum atomic E-state index is 0.0315. The minimum absolute atomic E-state index is 0.0315. The van der Waals surface area contributed by atoms with Gasteiger partial charge in [-0.1, -0.05) is 53.1 Å². The molecule has 4 rings (SSSR count). The predicted octanol–water partition coefficient (Wildman–Crippen LogP) is 7.72. The van der Waals surface area contributed by atoms with Crippen molar-refractivity contribution < 1.29 is 4.79 Å². The first kappa shape index (κ1) is 20.6. The fourth-order valence-electron chi connectivity index (χ4n) is 3.73. The molecular weight excluding hydrogens is 410 g/mol. The van der Waals surface area contributed by atoms with Crippen LogP contribution in [-0.4, -0.2) is 10.1 Å². The zero-order valence-corrected chi connectivity index (χ0v) is 19.0. The van der Waals surface area contributed by atoms with Gasteiger partial charge in [-0.15, -0.1) is 0 Å². The van der Waals surface area contributed by atoms with Crippen molar-refractivity contribution in [3.05, 3.63) is 93.5 Å². The van der Waals surface area contributed by atoms with E-state index in [1.807, 2.05) is 69.3 Å². The van der Waals surface area contributed by atoms with Crippen molar-refractivity contribution in [1.29, 1.82) is 0 Å². The molecule has 0 fully saturated rings. The van der Waals surface area contributed by atoms with E-state index in [4.69, 9.17) is 16.6 Å². The maximum atomic E-state index is 13.5. The summed E-state index contributed by atoms with van der Waals surface area (Å²) >= 11 is 7.35. The third kappa shape index (κ3) is 4.00. The number of rotatable bonds is 3. The van der Waals surface area contributed by atoms with Gasteiger partial charge in [0, 0.05) is 26.4 Å². The van der Waals surface area contributed by atoms with Crippen LogP contribution in [0, 0.1) is 27.7 Å². The van der Waals surface area contributed by atoms with Crippen molar-refractivity contribution in [2.75, 3.05) is 0 Å². The predicted molar refractivity (Wildman–Crippen MR) is 128 cm³/mol. The molecule has 3 aromatic carbocycles. The summed E-state index contributed by atoms with van der Waals surface area (Å²) in [5.74, 6) is 0. The van der Waals surface area contributed by atoms with Crippen LogP contribution in [0.1, 0.15) is 32.6 Å². The average molecular weight is 432 g/mol. The molecule has 0 amide bonds. The molecule has 0 N–H and O–H groups in total. The van der Waals surface area contributed by atoms with Gasteiger partial charge in [0.25, 0.3) is 0 Å². The van der Waals surface area contributed by atoms with Crippen LogP contribution in [0.4, 0.5) is 0 Å². The lowest BCUT2D eigenvalue weighted by Crippen LogP contribution is -2.04. The van der Waals surface area contributed by atoms with E-state index in [1.54, 1.807) is 0 Å². The van der Waals surface area contributed by atoms with E-state index >= 15 is 0 Å². The molecular formula is C26H22ClNOS. The van der Waals surface area contributed by atoms with Crippen molar-refractivity contribution >= 4 is 39.4 Å². The molecule has 150 valence electrons. The van der Waals surface area contributed by atoms with E-state index < -0.39 is 0 Å². The highest BCUT2D eigenvalue weighted by Gasteiger charge is 2.21. The van der Waals surface area contributed by atoms with Crippen molar-refractivity contribution in [3.63, 3.8) is 0 Å². The largest absolute Gasteiger partial charge is 0.281 e. The van der Waals surface area contributed by atoms with Crippen LogP contribution in [0.5, 0.6) is 0 Å². The molecule has 0 aliphatic heterocycles. The van der Waals surface area contributed by atoms with Crippen LogP contribution in [-0.2, 0) is 0 Å². The second-order valence-corrected chi connectivity index (χ2v) is 9.13. The quantitative estimate of drug-likeness (QED) is 0.311. The molecule has 30 heavy (non-hydrogen) atoms. The second-order valence-electron chi connectivity index (χ2n) is 7.65. The van der Waals surface area contributed by atoms with Crippen LogP contribution in [0.2, 0.25) is 5.02 Å². The van der Waals surface area contributed by atoms with Gasteiger partial charge < -0.3 is 0 Å². The Hall–Kier alpha value is -2.62. The van der Waals surface area contributed by atoms with Crippen LogP contribution in [0.25, 0.3) is 22.2 Å². The third-order valence-electron chi connectivity index (χ3n) is 5.22. The summed E-state index contributed by atoms with van der Waals surface area (Å²) in [5.41, 5.74) is 7.61. The Balaban J connectivity index is 1.93. The molecule has 0 radical (unpaired) electrons. The normalized spacial score (nSPS) is 11.1. The number of halogens is 1. The Bertz CT molecular complexity index is 1260. The van der Waals surface area contributed by atoms with Gasteiger partial charge in [0.1, 0.15) is 0 Å². The van der Waals surface area contributed by atoms with E-state index in [0.717, 1.165) is 49.3 Å². The maximum absolute atomic E-state index is 13.5. The number of thioether (sulfide) groups is 1. The summed E-state index contributed by atoms with van der Waals surface area (Å²) in [6.45, 7) is 8.12. The number of carbonyl (C=O) groups excluding carboxylic acids is 1. The molecule has 0 aliphatic rings. The van der Waals surface area contributed by atoms with E-state index in [1.165, 1.54) is 17.3 Å². The Morgan fingerprint density at radius 1 is 0.867 bits per heavy atom. The number of carbonyl (C=O) groups is 1. The Morgan fingerprint density at radius 2 is 1.53 bits per heavy atom. The molecule has 4 aromatic rings. The van der Waals surface area contributed by atoms with Crippen molar-refractivity contribution in [1.82, 2.24) is 4.98 Å². The van der Waals surface area contributed by atoms with Gasteiger partial charge in [-0.3, -0.25) is 4.79 Å². The Kier molecular flexibility index (Phi) is 5.68. The summed E-state index contributed by atoms with van der Waals surface area (Å²) in [4.78, 5) is 19.4. The number of benzene rings is 3. The van der Waals surface area contributed by atoms with Crippen LogP contribution in [0.3, 0.4) is 0 Å². The highest BCUT2D eigenvalue weighted by Crippen LogP contribution is 2.35. The Labute approximate surface area is 186 Å². The summed E-state index contributed by atoms with van der Waals surface area (Å²) in [6.07, 6.45) is 0. The van der Waals surface area contributed by atoms with Crippen molar-refractivity contribution in [2.24, 2.45) is 0 Å². The first-order valence-corrected chi connectivity index (χ1v) is 11.0. The molecule has 0 saturated carbocycles. The van der Waals surface area contributed by atoms with Gasteiger partial charge in [-0.25, -0.2) is 4.98 Å². The fraction of sp³-hybridized carbons (Fsp3) is 0.154. The number of pyridine rings is 1. The lowest BCUT2D eigenvalue weighted by molar-refractivity contribution is 0.109. The molecule has 0 bridgehead atoms. The first-order chi connectivity index (χ1) is 14.3. The molecule has 1 heterocycles. The van der Waals surface area contributed by atoms with Crippen molar-refractivity contribution in [2.45, 2.75) is 32.6 Å². The number of hydrogen-bond donors (Lipinski definition) is 0. The van der Waals surface area contributed by atoms with Crippen LogP contribution in [0.15, 0.2) is 65.6 Å². The number of hydrogen-bond acceptors (Lipinski definition) is 3. The highest BCUT2D eigenvalue weighted by molar-refractivity contribution is 8.14. The standard InChI is InChI=1S/C26H22ClNOS/c1-15-5-11-21(12-6-15)30-26(29)23-18(4)25(19-7-9-20(27)10-8-19)28-24-17(3)13-16(2)14-22(23)24/h5-14H,1-4H3. The van der Waals surface area contributed by atoms with Crippen molar-refractivity contribution in [3.8, 4) is 11.3 Å². The number of nitrogens with zero attached hydrogens (tertiary/aromatic N) is 1. The van der Waals surface area contributed by atoms with E-state index in [2.05, 4.69) is 19.1 Å². The molecule has 0 unspecified atom stereocenters. The molecule has 1 aromatic heterocycles. The number of fused-ring (bicyclic) bond motifs is 1. The average Bonchev–Trinajstić information content (AvgIpc) is 2.70. The number of aromatic nitrogens is 1. The molecule has 0 spiro atoms. The fourth-order valence-corrected chi connectivity index (χ4v) is 4.71. The lowest BCUT2D eigenvalue weighted by atomic mass is 9.96. The van der Waals surface area contributed by atoms with Crippen LogP contribution >= 0.6 is 23.4 Å². The van der Waals surface area contributed by atoms with E-state index in [-0.39, 0.29) is 5.12 Å². The van der Waals surface area contributed by atoms with E-state index in [9.17, 15) is 4.79 Å². The first-order valence-electron chi connectivity index (χ1n) is 9.80. The summed E-state index contributed by atoms with van der Waals surface area (Å²) < 4.78 is 0. The van der Waals surface area contributed by atoms with Gasteiger partial charge in [0.2, 0.25) is 5.12 Å². The Morgan fingerprint density at radius 3 is 2.20 bits per heavy atom. The lowest BCUT2D eigenvalue weighted by Gasteiger charge is -2.16. The molecule has 0 atom stereocenters. The van der Waals surface area contributed by atoms with Gasteiger partial charge in [-0.2, -0.15) is 0 Å². The zero-order valence-electron chi connectivity index (χ0n) is 17.4. The summed E-state index contributed by atoms with van der Waals surface area (Å²) in [7, 11) is 0. The molecule has 4 heteroatoms. The molecule has 0 saturated heterocycles. The second kappa shape index (κ2) is 8.25. The smallest absolute Gasteiger partial charge is 0.225 e. The monoisotopic (exact) mass is 431 g/mol. The van der Waals surface area contributed by atoms with E-state index in [0.29, 0.717) is 5.02 Å². The topological polar surface area (TPSA) is 30.0 Å². The van der Waals surface area contributed by atoms with Crippen LogP contribution < -0.4 is 0 Å². The maximum Gasteiger partial charge on any atom is 0.225 e. The SMILES string of the molecule is Cc1ccc(SC(=O)c2c(C)c(-c3ccc(Cl)cc3)nc3c(C)cc(C)cc23)cc1. The van der Waals surface area contributed by atoms with Gasteiger partial charge in [0.15, 0.2) is 0 Å². The molecule has 2 nitrogen and oxygen atoms in total. The molecule has 0 aliphatic carbocycles.